The van der Waals surface area contributed by atoms with E-state index >= 15 is 0 Å². The first-order chi connectivity index (χ1) is 8.49. The maximum absolute atomic E-state index is 6.25. The Morgan fingerprint density at radius 2 is 2.22 bits per heavy atom. The molecule has 2 rings (SSSR count). The second-order valence-corrected chi connectivity index (χ2v) is 6.19. The zero-order chi connectivity index (χ0) is 13.3. The molecular weight excluding hydrogens is 334 g/mol. The number of hydrogen-bond donors (Lipinski definition) is 1. The maximum atomic E-state index is 6.25. The molecule has 1 N–H and O–H groups in total. The average molecular weight is 347 g/mol. The molecule has 0 aliphatic carbocycles. The van der Waals surface area contributed by atoms with Crippen molar-refractivity contribution in [3.63, 3.8) is 0 Å². The fraction of sp³-hybridized carbons (Fsp3) is 0.333. The topological polar surface area (TPSA) is 33.6 Å². The zero-order valence-electron chi connectivity index (χ0n) is 10.1. The van der Waals surface area contributed by atoms with E-state index < -0.39 is 0 Å². The number of rotatable bonds is 3. The number of aromatic amines is 1. The molecule has 0 atom stereocenters. The van der Waals surface area contributed by atoms with Crippen LogP contribution >= 0.6 is 39.7 Å². The predicted octanol–water partition coefficient (Wildman–Crippen LogP) is 4.68. The number of nitrogens with one attached hydrogen (secondary N) is 1. The van der Waals surface area contributed by atoms with Crippen molar-refractivity contribution in [2.45, 2.75) is 20.4 Å². The molecule has 0 aliphatic heterocycles. The summed E-state index contributed by atoms with van der Waals surface area (Å²) in [5.74, 6) is 1.27. The van der Waals surface area contributed by atoms with Crippen molar-refractivity contribution in [3.8, 4) is 11.4 Å². The number of hydrogen-bond acceptors (Lipinski definition) is 2. The van der Waals surface area contributed by atoms with Crippen LogP contribution in [-0.4, -0.2) is 14.8 Å². The van der Waals surface area contributed by atoms with Crippen LogP contribution in [0.2, 0.25) is 5.02 Å². The van der Waals surface area contributed by atoms with Crippen molar-refractivity contribution in [3.05, 3.63) is 32.5 Å². The van der Waals surface area contributed by atoms with Crippen LogP contribution in [0.1, 0.15) is 13.8 Å². The monoisotopic (exact) mass is 345 g/mol. The third-order valence-corrected chi connectivity index (χ3v) is 3.60. The standard InChI is InChI=1S/C12H13BrClN3S/c1-7(2)6-17-11(15-16-12(17)18)9-4-3-8(13)5-10(9)14/h3-5,7H,6H2,1-2H3,(H,16,18). The minimum atomic E-state index is 0.488. The molecule has 0 unspecified atom stereocenters. The van der Waals surface area contributed by atoms with Gasteiger partial charge in [-0.3, -0.25) is 9.67 Å². The summed E-state index contributed by atoms with van der Waals surface area (Å²) in [6.45, 7) is 5.10. The number of aromatic nitrogens is 3. The van der Waals surface area contributed by atoms with Gasteiger partial charge in [0.2, 0.25) is 0 Å². The van der Waals surface area contributed by atoms with Gasteiger partial charge < -0.3 is 0 Å². The molecule has 0 spiro atoms. The number of benzene rings is 1. The van der Waals surface area contributed by atoms with Crippen LogP contribution in [0.3, 0.4) is 0 Å². The average Bonchev–Trinajstić information content (AvgIpc) is 2.60. The van der Waals surface area contributed by atoms with Crippen LogP contribution in [0.5, 0.6) is 0 Å². The summed E-state index contributed by atoms with van der Waals surface area (Å²) >= 11 is 14.9. The molecule has 0 aliphatic rings. The summed E-state index contributed by atoms with van der Waals surface area (Å²) in [5, 5.41) is 7.76. The lowest BCUT2D eigenvalue weighted by Gasteiger charge is -2.10. The number of H-pyrrole nitrogens is 1. The Labute approximate surface area is 124 Å². The molecular formula is C12H13BrClN3S. The van der Waals surface area contributed by atoms with Crippen LogP contribution in [0.25, 0.3) is 11.4 Å². The maximum Gasteiger partial charge on any atom is 0.195 e. The van der Waals surface area contributed by atoms with E-state index in [0.717, 1.165) is 22.4 Å². The van der Waals surface area contributed by atoms with Crippen molar-refractivity contribution in [2.75, 3.05) is 0 Å². The van der Waals surface area contributed by atoms with Gasteiger partial charge >= 0.3 is 0 Å². The minimum Gasteiger partial charge on any atom is -0.300 e. The van der Waals surface area contributed by atoms with E-state index in [2.05, 4.69) is 40.0 Å². The highest BCUT2D eigenvalue weighted by atomic mass is 79.9. The van der Waals surface area contributed by atoms with Crippen molar-refractivity contribution in [1.29, 1.82) is 0 Å². The van der Waals surface area contributed by atoms with Gasteiger partial charge in [0.1, 0.15) is 0 Å². The summed E-state index contributed by atoms with van der Waals surface area (Å²) < 4.78 is 3.55. The zero-order valence-corrected chi connectivity index (χ0v) is 13.2. The van der Waals surface area contributed by atoms with E-state index in [1.54, 1.807) is 0 Å². The molecule has 2 aromatic rings. The highest BCUT2D eigenvalue weighted by Gasteiger charge is 2.13. The van der Waals surface area contributed by atoms with Gasteiger partial charge in [0, 0.05) is 16.6 Å². The van der Waals surface area contributed by atoms with Crippen LogP contribution in [0.4, 0.5) is 0 Å². The normalized spacial score (nSPS) is 11.2. The largest absolute Gasteiger partial charge is 0.300 e. The highest BCUT2D eigenvalue weighted by molar-refractivity contribution is 9.10. The van der Waals surface area contributed by atoms with Crippen molar-refractivity contribution in [1.82, 2.24) is 14.8 Å². The third-order valence-electron chi connectivity index (χ3n) is 2.48. The summed E-state index contributed by atoms with van der Waals surface area (Å²) in [4.78, 5) is 0. The Kier molecular flexibility index (Phi) is 4.25. The van der Waals surface area contributed by atoms with E-state index in [9.17, 15) is 0 Å². The Morgan fingerprint density at radius 1 is 1.50 bits per heavy atom. The smallest absolute Gasteiger partial charge is 0.195 e. The van der Waals surface area contributed by atoms with Gasteiger partial charge in [0.15, 0.2) is 10.6 Å². The fourth-order valence-electron chi connectivity index (χ4n) is 1.73. The lowest BCUT2D eigenvalue weighted by molar-refractivity contribution is 0.521. The first-order valence-corrected chi connectivity index (χ1v) is 7.17. The summed E-state index contributed by atoms with van der Waals surface area (Å²) in [6, 6.07) is 5.74. The van der Waals surface area contributed by atoms with E-state index in [4.69, 9.17) is 23.8 Å². The van der Waals surface area contributed by atoms with Crippen LogP contribution in [0, 0.1) is 10.7 Å². The quantitative estimate of drug-likeness (QED) is 0.819. The van der Waals surface area contributed by atoms with E-state index in [1.165, 1.54) is 0 Å². The highest BCUT2D eigenvalue weighted by Crippen LogP contribution is 2.29. The molecule has 0 amide bonds. The summed E-state index contributed by atoms with van der Waals surface area (Å²) in [5.41, 5.74) is 0.882. The summed E-state index contributed by atoms with van der Waals surface area (Å²) in [7, 11) is 0. The Morgan fingerprint density at radius 3 is 2.83 bits per heavy atom. The Balaban J connectivity index is 2.54. The van der Waals surface area contributed by atoms with Gasteiger partial charge in [-0.15, -0.1) is 0 Å². The van der Waals surface area contributed by atoms with Gasteiger partial charge in [-0.1, -0.05) is 41.4 Å². The van der Waals surface area contributed by atoms with Crippen molar-refractivity contribution in [2.24, 2.45) is 5.92 Å². The second-order valence-electron chi connectivity index (χ2n) is 4.48. The van der Waals surface area contributed by atoms with Crippen molar-refractivity contribution >= 4 is 39.7 Å². The van der Waals surface area contributed by atoms with Crippen molar-refractivity contribution < 1.29 is 0 Å². The van der Waals surface area contributed by atoms with Crippen LogP contribution in [-0.2, 0) is 6.54 Å². The molecule has 0 fully saturated rings. The predicted molar refractivity (Wildman–Crippen MR) is 80.4 cm³/mol. The molecule has 18 heavy (non-hydrogen) atoms. The molecule has 0 bridgehead atoms. The molecule has 6 heteroatoms. The molecule has 1 aromatic carbocycles. The number of nitrogens with zero attached hydrogens (tertiary/aromatic N) is 2. The Bertz CT molecular complexity index is 618. The Hall–Kier alpha value is -0.650. The van der Waals surface area contributed by atoms with E-state index in [-0.39, 0.29) is 0 Å². The van der Waals surface area contributed by atoms with Gasteiger partial charge in [0.25, 0.3) is 0 Å². The van der Waals surface area contributed by atoms with Gasteiger partial charge in [0.05, 0.1) is 5.02 Å². The van der Waals surface area contributed by atoms with E-state index in [0.29, 0.717) is 15.7 Å². The molecule has 3 nitrogen and oxygen atoms in total. The molecule has 0 saturated carbocycles. The molecule has 1 heterocycles. The van der Waals surface area contributed by atoms with Crippen LogP contribution < -0.4 is 0 Å². The molecule has 96 valence electrons. The summed E-state index contributed by atoms with van der Waals surface area (Å²) in [6.07, 6.45) is 0. The molecule has 0 radical (unpaired) electrons. The third kappa shape index (κ3) is 2.84. The SMILES string of the molecule is CC(C)Cn1c(-c2ccc(Br)cc2Cl)n[nH]c1=S. The van der Waals surface area contributed by atoms with Crippen LogP contribution in [0.15, 0.2) is 22.7 Å². The molecule has 1 aromatic heterocycles. The van der Waals surface area contributed by atoms with Gasteiger partial charge in [-0.2, -0.15) is 5.10 Å². The van der Waals surface area contributed by atoms with Gasteiger partial charge in [-0.05, 0) is 36.3 Å². The van der Waals surface area contributed by atoms with Gasteiger partial charge in [-0.25, -0.2) is 0 Å². The fourth-order valence-corrected chi connectivity index (χ4v) is 2.69. The number of halogens is 2. The molecule has 0 saturated heterocycles. The first-order valence-electron chi connectivity index (χ1n) is 5.59. The second kappa shape index (κ2) is 5.55. The lowest BCUT2D eigenvalue weighted by Crippen LogP contribution is -2.06. The van der Waals surface area contributed by atoms with E-state index in [1.807, 2.05) is 22.8 Å². The minimum absolute atomic E-state index is 0.488. The lowest BCUT2D eigenvalue weighted by atomic mass is 10.2. The first kappa shape index (κ1) is 13.8.